The number of thioether (sulfide) groups is 1. The van der Waals surface area contributed by atoms with E-state index in [0.29, 0.717) is 18.2 Å². The van der Waals surface area contributed by atoms with Gasteiger partial charge in [0.05, 0.1) is 0 Å². The molecule has 0 aliphatic rings. The number of carbonyl (C=O) groups excluding carboxylic acids is 1. The van der Waals surface area contributed by atoms with Crippen LogP contribution in [0.3, 0.4) is 0 Å². The minimum Gasteiger partial charge on any atom is -0.481 e. The van der Waals surface area contributed by atoms with Crippen molar-refractivity contribution in [3.63, 3.8) is 0 Å². The maximum atomic E-state index is 12.1. The van der Waals surface area contributed by atoms with E-state index >= 15 is 0 Å². The number of amides is 1. The van der Waals surface area contributed by atoms with E-state index in [0.717, 1.165) is 6.54 Å². The first kappa shape index (κ1) is 17.4. The smallest absolute Gasteiger partial charge is 0.260 e. The molecule has 0 aliphatic carbocycles. The second-order valence-corrected chi connectivity index (χ2v) is 6.39. The lowest BCUT2D eigenvalue weighted by molar-refractivity contribution is -0.127. The Labute approximate surface area is 141 Å². The zero-order valence-corrected chi connectivity index (χ0v) is 14.5. The van der Waals surface area contributed by atoms with Gasteiger partial charge in [-0.1, -0.05) is 6.92 Å². The van der Waals surface area contributed by atoms with E-state index in [4.69, 9.17) is 4.74 Å². The zero-order valence-electron chi connectivity index (χ0n) is 13.7. The van der Waals surface area contributed by atoms with Crippen LogP contribution in [-0.4, -0.2) is 34.6 Å². The Kier molecular flexibility index (Phi) is 6.52. The summed E-state index contributed by atoms with van der Waals surface area (Å²) in [5, 5.41) is 7.09. The molecule has 2 aromatic rings. The molecular weight excluding hydrogens is 310 g/mol. The van der Waals surface area contributed by atoms with E-state index in [9.17, 15) is 4.79 Å². The molecule has 0 saturated heterocycles. The molecule has 0 saturated carbocycles. The highest BCUT2D eigenvalue weighted by Gasteiger charge is 2.15. The molecule has 0 radical (unpaired) electrons. The van der Waals surface area contributed by atoms with Crippen LogP contribution in [0, 0.1) is 5.92 Å². The van der Waals surface area contributed by atoms with Gasteiger partial charge in [-0.2, -0.15) is 5.10 Å². The van der Waals surface area contributed by atoms with Crippen LogP contribution in [0.4, 0.5) is 0 Å². The van der Waals surface area contributed by atoms with Gasteiger partial charge in [-0.15, -0.1) is 11.8 Å². The van der Waals surface area contributed by atoms with Crippen molar-refractivity contribution in [1.29, 1.82) is 0 Å². The minimum atomic E-state index is -0.521. The molecule has 2 rings (SSSR count). The minimum absolute atomic E-state index is 0.105. The highest BCUT2D eigenvalue weighted by Crippen LogP contribution is 2.19. The topological polar surface area (TPSA) is 56.1 Å². The van der Waals surface area contributed by atoms with E-state index < -0.39 is 6.10 Å². The molecule has 6 heteroatoms. The van der Waals surface area contributed by atoms with Crippen molar-refractivity contribution in [2.45, 2.75) is 31.4 Å². The Balaban J connectivity index is 1.75. The SMILES string of the molecule is CSc1ccc(O[C@@H](C)C(=O)NC[C@H](C)Cn2cccn2)cc1. The Bertz CT molecular complexity index is 599. The molecule has 5 nitrogen and oxygen atoms in total. The number of benzene rings is 1. The van der Waals surface area contributed by atoms with Gasteiger partial charge in [-0.3, -0.25) is 9.48 Å². The lowest BCUT2D eigenvalue weighted by Crippen LogP contribution is -2.39. The van der Waals surface area contributed by atoms with Crippen LogP contribution in [-0.2, 0) is 11.3 Å². The Morgan fingerprint density at radius 1 is 1.35 bits per heavy atom. The first-order valence-corrected chi connectivity index (χ1v) is 8.87. The third-order valence-corrected chi connectivity index (χ3v) is 4.17. The van der Waals surface area contributed by atoms with Crippen LogP contribution in [0.1, 0.15) is 13.8 Å². The molecule has 0 unspecified atom stereocenters. The molecule has 0 fully saturated rings. The van der Waals surface area contributed by atoms with Crippen LogP contribution in [0.25, 0.3) is 0 Å². The fraction of sp³-hybridized carbons (Fsp3) is 0.412. The van der Waals surface area contributed by atoms with Crippen LogP contribution in [0.5, 0.6) is 5.75 Å². The van der Waals surface area contributed by atoms with Crippen molar-refractivity contribution in [2.75, 3.05) is 12.8 Å². The monoisotopic (exact) mass is 333 g/mol. The van der Waals surface area contributed by atoms with Gasteiger partial charge in [0, 0.05) is 30.4 Å². The number of nitrogens with one attached hydrogen (secondary N) is 1. The van der Waals surface area contributed by atoms with Crippen LogP contribution < -0.4 is 10.1 Å². The predicted octanol–water partition coefficient (Wildman–Crippen LogP) is 2.82. The molecule has 1 aromatic carbocycles. The largest absolute Gasteiger partial charge is 0.481 e. The van der Waals surface area contributed by atoms with Gasteiger partial charge < -0.3 is 10.1 Å². The fourth-order valence-electron chi connectivity index (χ4n) is 2.12. The van der Waals surface area contributed by atoms with Crippen molar-refractivity contribution >= 4 is 17.7 Å². The van der Waals surface area contributed by atoms with Crippen molar-refractivity contribution in [3.05, 3.63) is 42.7 Å². The van der Waals surface area contributed by atoms with E-state index in [1.54, 1.807) is 24.9 Å². The standard InChI is InChI=1S/C17H23N3O2S/c1-13(12-20-10-4-9-19-20)11-18-17(21)14(2)22-15-5-7-16(23-3)8-6-15/h4-10,13-14H,11-12H2,1-3H3,(H,18,21)/t13-,14-/m0/s1. The maximum Gasteiger partial charge on any atom is 0.260 e. The van der Waals surface area contributed by atoms with Crippen molar-refractivity contribution < 1.29 is 9.53 Å². The van der Waals surface area contributed by atoms with Gasteiger partial charge >= 0.3 is 0 Å². The average molecular weight is 333 g/mol. The number of carbonyl (C=O) groups is 1. The third-order valence-electron chi connectivity index (χ3n) is 3.42. The van der Waals surface area contributed by atoms with Crippen LogP contribution in [0.2, 0.25) is 0 Å². The highest BCUT2D eigenvalue weighted by molar-refractivity contribution is 7.98. The summed E-state index contributed by atoms with van der Waals surface area (Å²) < 4.78 is 7.54. The van der Waals surface area contributed by atoms with Crippen LogP contribution >= 0.6 is 11.8 Å². The summed E-state index contributed by atoms with van der Waals surface area (Å²) in [5.74, 6) is 0.896. The van der Waals surface area contributed by atoms with E-state index in [-0.39, 0.29) is 5.91 Å². The van der Waals surface area contributed by atoms with Gasteiger partial charge in [0.25, 0.3) is 5.91 Å². The summed E-state index contributed by atoms with van der Waals surface area (Å²) in [4.78, 5) is 13.3. The quantitative estimate of drug-likeness (QED) is 0.755. The lowest BCUT2D eigenvalue weighted by atomic mass is 10.2. The summed E-state index contributed by atoms with van der Waals surface area (Å²) in [6.07, 6.45) is 5.18. The molecule has 23 heavy (non-hydrogen) atoms. The third kappa shape index (κ3) is 5.63. The van der Waals surface area contributed by atoms with E-state index in [1.165, 1.54) is 4.90 Å². The first-order valence-electron chi connectivity index (χ1n) is 7.64. The molecule has 1 heterocycles. The zero-order chi connectivity index (χ0) is 16.7. The van der Waals surface area contributed by atoms with E-state index in [1.807, 2.05) is 47.5 Å². The molecule has 1 N–H and O–H groups in total. The fourth-order valence-corrected chi connectivity index (χ4v) is 2.53. The number of hydrogen-bond acceptors (Lipinski definition) is 4. The molecule has 124 valence electrons. The lowest BCUT2D eigenvalue weighted by Gasteiger charge is -2.17. The second kappa shape index (κ2) is 8.62. The molecule has 1 aromatic heterocycles. The highest BCUT2D eigenvalue weighted by atomic mass is 32.2. The van der Waals surface area contributed by atoms with Crippen molar-refractivity contribution in [3.8, 4) is 5.75 Å². The van der Waals surface area contributed by atoms with Gasteiger partial charge in [0.1, 0.15) is 5.75 Å². The molecule has 1 amide bonds. The summed E-state index contributed by atoms with van der Waals surface area (Å²) in [7, 11) is 0. The number of nitrogens with zero attached hydrogens (tertiary/aromatic N) is 2. The average Bonchev–Trinajstić information content (AvgIpc) is 3.06. The van der Waals surface area contributed by atoms with Gasteiger partial charge in [0.15, 0.2) is 6.10 Å². The molecule has 0 aliphatic heterocycles. The Hall–Kier alpha value is -1.95. The second-order valence-electron chi connectivity index (χ2n) is 5.51. The summed E-state index contributed by atoms with van der Waals surface area (Å²) in [5.41, 5.74) is 0. The number of rotatable bonds is 8. The number of ether oxygens (including phenoxy) is 1. The van der Waals surface area contributed by atoms with E-state index in [2.05, 4.69) is 17.3 Å². The van der Waals surface area contributed by atoms with Gasteiger partial charge in [0.2, 0.25) is 0 Å². The normalized spacial score (nSPS) is 13.3. The molecule has 0 bridgehead atoms. The Morgan fingerprint density at radius 2 is 2.09 bits per heavy atom. The molecular formula is C17H23N3O2S. The van der Waals surface area contributed by atoms with Crippen LogP contribution in [0.15, 0.2) is 47.6 Å². The Morgan fingerprint density at radius 3 is 2.70 bits per heavy atom. The number of aromatic nitrogens is 2. The van der Waals surface area contributed by atoms with Crippen molar-refractivity contribution in [1.82, 2.24) is 15.1 Å². The van der Waals surface area contributed by atoms with Crippen molar-refractivity contribution in [2.24, 2.45) is 5.92 Å². The number of hydrogen-bond donors (Lipinski definition) is 1. The predicted molar refractivity (Wildman–Crippen MR) is 92.7 cm³/mol. The van der Waals surface area contributed by atoms with Gasteiger partial charge in [-0.25, -0.2) is 0 Å². The summed E-state index contributed by atoms with van der Waals surface area (Å²) in [6.45, 7) is 5.21. The summed E-state index contributed by atoms with van der Waals surface area (Å²) in [6, 6.07) is 9.63. The summed E-state index contributed by atoms with van der Waals surface area (Å²) >= 11 is 1.67. The molecule has 2 atom stereocenters. The molecule has 0 spiro atoms. The van der Waals surface area contributed by atoms with Gasteiger partial charge in [-0.05, 0) is 49.4 Å². The first-order chi connectivity index (χ1) is 11.1. The maximum absolute atomic E-state index is 12.1.